The normalized spacial score (nSPS) is 13.6. The van der Waals surface area contributed by atoms with Crippen LogP contribution in [0.15, 0.2) is 54.6 Å². The number of phenolic OH excluding ortho intramolecular Hbond substituents is 1. The monoisotopic (exact) mass is 645 g/mol. The minimum Gasteiger partial charge on any atom is -0.508 e. The maximum absolute atomic E-state index is 14.2. The molecule has 11 nitrogen and oxygen atoms in total. The first kappa shape index (κ1) is 37.4. The number of hydrogen-bond donors (Lipinski definition) is 4. The van der Waals surface area contributed by atoms with Crippen LogP contribution in [-0.4, -0.2) is 87.4 Å². The summed E-state index contributed by atoms with van der Waals surface area (Å²) in [6.07, 6.45) is 1.40. The first-order chi connectivity index (χ1) is 21.0. The Morgan fingerprint density at radius 2 is 1.47 bits per heavy atom. The van der Waals surface area contributed by atoms with Crippen molar-refractivity contribution in [2.24, 2.45) is 0 Å². The summed E-state index contributed by atoms with van der Waals surface area (Å²) in [7, 11) is 0. The molecule has 0 aliphatic carbocycles. The molecular weight excluding hydrogens is 598 g/mol. The average molecular weight is 646 g/mol. The molecule has 0 spiro atoms. The molecule has 3 unspecified atom stereocenters. The Hall–Kier alpha value is -3.77. The van der Waals surface area contributed by atoms with Crippen LogP contribution in [0.4, 0.5) is 4.79 Å². The molecule has 45 heavy (non-hydrogen) atoms. The van der Waals surface area contributed by atoms with Gasteiger partial charge in [0.1, 0.15) is 35.1 Å². The van der Waals surface area contributed by atoms with Gasteiger partial charge in [-0.2, -0.15) is 11.8 Å². The van der Waals surface area contributed by atoms with Gasteiger partial charge in [-0.05, 0) is 83.2 Å². The summed E-state index contributed by atoms with van der Waals surface area (Å²) in [5.41, 5.74) is -0.553. The van der Waals surface area contributed by atoms with Gasteiger partial charge in [-0.3, -0.25) is 9.59 Å². The number of ether oxygens (including phenoxy) is 2. The third-order valence-electron chi connectivity index (χ3n) is 6.28. The Balaban J connectivity index is 2.55. The fraction of sp³-hybridized carbons (Fsp3) is 0.515. The van der Waals surface area contributed by atoms with Crippen molar-refractivity contribution < 1.29 is 38.9 Å². The number of nitrogens with zero attached hydrogens (tertiary/aromatic N) is 1. The minimum atomic E-state index is -1.34. The van der Waals surface area contributed by atoms with E-state index in [1.54, 1.807) is 41.5 Å². The lowest BCUT2D eigenvalue weighted by atomic mass is 10.0. The quantitative estimate of drug-likeness (QED) is 0.224. The average Bonchev–Trinajstić information content (AvgIpc) is 2.94. The van der Waals surface area contributed by atoms with Crippen molar-refractivity contribution in [3.8, 4) is 5.75 Å². The van der Waals surface area contributed by atoms with E-state index in [9.17, 15) is 29.4 Å². The lowest BCUT2D eigenvalue weighted by molar-refractivity contribution is -0.159. The summed E-state index contributed by atoms with van der Waals surface area (Å²) in [5, 5.41) is 25.4. The molecule has 4 N–H and O–H groups in total. The van der Waals surface area contributed by atoms with E-state index in [2.05, 4.69) is 10.6 Å². The number of rotatable bonds is 14. The number of thioether (sulfide) groups is 1. The molecule has 2 rings (SSSR count). The van der Waals surface area contributed by atoms with Crippen molar-refractivity contribution in [1.29, 1.82) is 0 Å². The summed E-state index contributed by atoms with van der Waals surface area (Å²) in [4.78, 5) is 55.6. The standard InChI is InChI=1S/C33H47N3O8S/c1-32(2,3)43-30(41)26(21-22-11-9-8-10-12-22)34-28(39)27(23-13-15-24(38)16-14-23)36(18-19-37)29(40)25(17-20-45-7)35-31(42)44-33(4,5)6/h8-16,25-27,37-38H,17-21H2,1-7H3,(H,34,39)(H,35,42). The van der Waals surface area contributed by atoms with Gasteiger partial charge in [0.25, 0.3) is 0 Å². The van der Waals surface area contributed by atoms with Crippen LogP contribution >= 0.6 is 11.8 Å². The molecule has 3 atom stereocenters. The highest BCUT2D eigenvalue weighted by Gasteiger charge is 2.38. The zero-order valence-electron chi connectivity index (χ0n) is 27.2. The van der Waals surface area contributed by atoms with E-state index in [-0.39, 0.29) is 25.1 Å². The van der Waals surface area contributed by atoms with Gasteiger partial charge in [0.2, 0.25) is 11.8 Å². The van der Waals surface area contributed by atoms with Crippen LogP contribution in [0.2, 0.25) is 0 Å². The number of hydrogen-bond acceptors (Lipinski definition) is 9. The first-order valence-electron chi connectivity index (χ1n) is 14.8. The first-order valence-corrected chi connectivity index (χ1v) is 16.2. The maximum Gasteiger partial charge on any atom is 0.408 e. The molecule has 0 saturated heterocycles. The zero-order chi connectivity index (χ0) is 33.8. The molecule has 0 fully saturated rings. The van der Waals surface area contributed by atoms with Crippen LogP contribution in [0, 0.1) is 0 Å². The van der Waals surface area contributed by atoms with Crippen LogP contribution in [0.3, 0.4) is 0 Å². The van der Waals surface area contributed by atoms with Crippen molar-refractivity contribution in [3.05, 3.63) is 65.7 Å². The second kappa shape index (κ2) is 17.1. The summed E-state index contributed by atoms with van der Waals surface area (Å²) in [5.74, 6) is -1.55. The number of phenols is 1. The fourth-order valence-electron chi connectivity index (χ4n) is 4.41. The predicted molar refractivity (Wildman–Crippen MR) is 174 cm³/mol. The van der Waals surface area contributed by atoms with E-state index in [1.807, 2.05) is 36.6 Å². The summed E-state index contributed by atoms with van der Waals surface area (Å²) in [6.45, 7) is 9.51. The largest absolute Gasteiger partial charge is 0.508 e. The molecular formula is C33H47N3O8S. The number of aromatic hydroxyl groups is 1. The number of aliphatic hydroxyl groups excluding tert-OH is 1. The van der Waals surface area contributed by atoms with Gasteiger partial charge in [-0.25, -0.2) is 9.59 Å². The van der Waals surface area contributed by atoms with E-state index >= 15 is 0 Å². The van der Waals surface area contributed by atoms with Gasteiger partial charge < -0.3 is 35.2 Å². The molecule has 248 valence electrons. The predicted octanol–water partition coefficient (Wildman–Crippen LogP) is 3.97. The Kier molecular flexibility index (Phi) is 14.2. The van der Waals surface area contributed by atoms with Gasteiger partial charge in [0, 0.05) is 13.0 Å². The van der Waals surface area contributed by atoms with Crippen LogP contribution in [0.25, 0.3) is 0 Å². The molecule has 2 aromatic carbocycles. The highest BCUT2D eigenvalue weighted by molar-refractivity contribution is 7.98. The van der Waals surface area contributed by atoms with Crippen LogP contribution in [-0.2, 0) is 30.3 Å². The molecule has 0 aliphatic rings. The van der Waals surface area contributed by atoms with Gasteiger partial charge in [0.05, 0.1) is 6.61 Å². The molecule has 0 bridgehead atoms. The number of nitrogens with one attached hydrogen (secondary N) is 2. The fourth-order valence-corrected chi connectivity index (χ4v) is 4.88. The summed E-state index contributed by atoms with van der Waals surface area (Å²) in [6, 6.07) is 11.3. The summed E-state index contributed by atoms with van der Waals surface area (Å²) < 4.78 is 11.0. The van der Waals surface area contributed by atoms with E-state index < -0.39 is 59.8 Å². The molecule has 12 heteroatoms. The Morgan fingerprint density at radius 3 is 2.00 bits per heavy atom. The zero-order valence-corrected chi connectivity index (χ0v) is 28.0. The van der Waals surface area contributed by atoms with E-state index in [1.165, 1.54) is 40.9 Å². The van der Waals surface area contributed by atoms with Gasteiger partial charge in [-0.1, -0.05) is 42.5 Å². The molecule has 0 saturated carbocycles. The Morgan fingerprint density at radius 1 is 0.867 bits per heavy atom. The summed E-state index contributed by atoms with van der Waals surface area (Å²) >= 11 is 1.47. The van der Waals surface area contributed by atoms with Crippen LogP contribution in [0.1, 0.15) is 65.1 Å². The second-order valence-electron chi connectivity index (χ2n) is 12.5. The van der Waals surface area contributed by atoms with E-state index in [4.69, 9.17) is 9.47 Å². The van der Waals surface area contributed by atoms with Gasteiger partial charge in [0.15, 0.2) is 0 Å². The maximum atomic E-state index is 14.2. The number of aliphatic hydroxyl groups is 1. The number of carbonyl (C=O) groups is 4. The molecule has 0 aromatic heterocycles. The van der Waals surface area contributed by atoms with Crippen molar-refractivity contribution in [3.63, 3.8) is 0 Å². The second-order valence-corrected chi connectivity index (χ2v) is 13.5. The lowest BCUT2D eigenvalue weighted by Crippen LogP contribution is -2.55. The minimum absolute atomic E-state index is 0.0573. The molecule has 2 aromatic rings. The lowest BCUT2D eigenvalue weighted by Gasteiger charge is -2.35. The molecule has 0 heterocycles. The highest BCUT2D eigenvalue weighted by atomic mass is 32.2. The SMILES string of the molecule is CSCCC(NC(=O)OC(C)(C)C)C(=O)N(CCO)C(C(=O)NC(Cc1ccccc1)C(=O)OC(C)(C)C)c1ccc(O)cc1. The van der Waals surface area contributed by atoms with Crippen LogP contribution in [0.5, 0.6) is 5.75 Å². The van der Waals surface area contributed by atoms with Crippen LogP contribution < -0.4 is 10.6 Å². The topological polar surface area (TPSA) is 154 Å². The van der Waals surface area contributed by atoms with Crippen molar-refractivity contribution in [2.45, 2.75) is 83.7 Å². The number of benzene rings is 2. The third-order valence-corrected chi connectivity index (χ3v) is 6.93. The van der Waals surface area contributed by atoms with Crippen molar-refractivity contribution >= 4 is 35.6 Å². The van der Waals surface area contributed by atoms with Crippen molar-refractivity contribution in [2.75, 3.05) is 25.2 Å². The molecule has 3 amide bonds. The Labute approximate surface area is 270 Å². The van der Waals surface area contributed by atoms with Gasteiger partial charge in [-0.15, -0.1) is 0 Å². The number of esters is 1. The third kappa shape index (κ3) is 13.0. The highest BCUT2D eigenvalue weighted by Crippen LogP contribution is 2.26. The van der Waals surface area contributed by atoms with Gasteiger partial charge >= 0.3 is 12.1 Å². The van der Waals surface area contributed by atoms with E-state index in [0.717, 1.165) is 5.56 Å². The Bertz CT molecular complexity index is 1260. The van der Waals surface area contributed by atoms with Crippen molar-refractivity contribution in [1.82, 2.24) is 15.5 Å². The molecule has 0 aliphatic heterocycles. The smallest absolute Gasteiger partial charge is 0.408 e. The number of amides is 3. The molecule has 0 radical (unpaired) electrons. The number of carbonyl (C=O) groups excluding carboxylic acids is 4. The number of alkyl carbamates (subject to hydrolysis) is 1. The van der Waals surface area contributed by atoms with E-state index in [0.29, 0.717) is 11.3 Å².